The monoisotopic (exact) mass is 448 g/mol. The van der Waals surface area contributed by atoms with Crippen molar-refractivity contribution in [3.05, 3.63) is 75.1 Å². The van der Waals surface area contributed by atoms with Crippen LogP contribution in [0.15, 0.2) is 58.1 Å². The Labute approximate surface area is 188 Å². The van der Waals surface area contributed by atoms with Gasteiger partial charge in [-0.15, -0.1) is 0 Å². The molecule has 0 spiro atoms. The molecule has 3 N–H and O–H groups in total. The number of H-pyrrole nitrogens is 1. The van der Waals surface area contributed by atoms with Gasteiger partial charge in [0.15, 0.2) is 11.5 Å². The third kappa shape index (κ3) is 3.89. The number of methoxy groups -OCH3 is 1. The highest BCUT2D eigenvalue weighted by molar-refractivity contribution is 5.79. The van der Waals surface area contributed by atoms with Crippen molar-refractivity contribution in [2.75, 3.05) is 14.2 Å². The second-order valence-corrected chi connectivity index (χ2v) is 7.60. The number of hydrogen-bond acceptors (Lipinski definition) is 5. The molecule has 0 atom stereocenters. The van der Waals surface area contributed by atoms with Gasteiger partial charge in [0.05, 0.1) is 12.6 Å². The first-order valence-electron chi connectivity index (χ1n) is 10.4. The molecule has 2 aromatic carbocycles. The molecule has 2 aromatic heterocycles. The molecule has 170 valence electrons. The first-order valence-corrected chi connectivity index (χ1v) is 10.4. The van der Waals surface area contributed by atoms with Gasteiger partial charge in [-0.25, -0.2) is 4.79 Å². The number of aromatic amines is 1. The first kappa shape index (κ1) is 21.9. The third-order valence-electron chi connectivity index (χ3n) is 5.62. The van der Waals surface area contributed by atoms with E-state index in [9.17, 15) is 19.5 Å². The fraction of sp³-hybridized carbons (Fsp3) is 0.208. The van der Waals surface area contributed by atoms with E-state index in [0.29, 0.717) is 22.3 Å². The molecular formula is C24H24N4O5. The number of aromatic hydroxyl groups is 1. The number of rotatable bonds is 6. The summed E-state index contributed by atoms with van der Waals surface area (Å²) in [6.45, 7) is 1.82. The summed E-state index contributed by atoms with van der Waals surface area (Å²) in [5, 5.41) is 12.9. The predicted molar refractivity (Wildman–Crippen MR) is 125 cm³/mol. The SMILES string of the molecule is CNC(=O)CCn1c(=O)[nH]c2cc(C)n(-c3ccc(-c4cccc(OC)c4O)cc3)c2c1=O. The number of hydrogen-bond donors (Lipinski definition) is 3. The van der Waals surface area contributed by atoms with Crippen molar-refractivity contribution >= 4 is 16.9 Å². The van der Waals surface area contributed by atoms with Crippen LogP contribution >= 0.6 is 0 Å². The van der Waals surface area contributed by atoms with E-state index in [1.165, 1.54) is 14.2 Å². The number of phenols is 1. The van der Waals surface area contributed by atoms with Gasteiger partial charge in [0.2, 0.25) is 5.91 Å². The number of aryl methyl sites for hydroxylation is 1. The van der Waals surface area contributed by atoms with Gasteiger partial charge in [0.1, 0.15) is 5.52 Å². The number of phenolic OH excluding ortho intramolecular Hbond substituents is 1. The fourth-order valence-electron chi connectivity index (χ4n) is 3.93. The molecule has 4 rings (SSSR count). The lowest BCUT2D eigenvalue weighted by Crippen LogP contribution is -2.37. The van der Waals surface area contributed by atoms with Crippen molar-refractivity contribution in [1.82, 2.24) is 19.4 Å². The van der Waals surface area contributed by atoms with Crippen LogP contribution in [0.4, 0.5) is 0 Å². The number of benzene rings is 2. The molecular weight excluding hydrogens is 424 g/mol. The average Bonchev–Trinajstić information content (AvgIpc) is 3.14. The average molecular weight is 448 g/mol. The van der Waals surface area contributed by atoms with E-state index < -0.39 is 11.2 Å². The fourth-order valence-corrected chi connectivity index (χ4v) is 3.93. The maximum Gasteiger partial charge on any atom is 0.328 e. The van der Waals surface area contributed by atoms with Gasteiger partial charge in [-0.2, -0.15) is 0 Å². The maximum absolute atomic E-state index is 13.2. The Bertz CT molecular complexity index is 1460. The quantitative estimate of drug-likeness (QED) is 0.418. The van der Waals surface area contributed by atoms with Crippen LogP contribution in [0.1, 0.15) is 12.1 Å². The largest absolute Gasteiger partial charge is 0.504 e. The van der Waals surface area contributed by atoms with E-state index in [4.69, 9.17) is 4.74 Å². The Morgan fingerprint density at radius 3 is 2.55 bits per heavy atom. The van der Waals surface area contributed by atoms with Crippen molar-refractivity contribution in [3.63, 3.8) is 0 Å². The van der Waals surface area contributed by atoms with Crippen LogP contribution in [-0.2, 0) is 11.3 Å². The standard InChI is InChI=1S/C24H24N4O5/c1-14-13-18-21(23(31)27(24(32)26-18)12-11-20(29)25-2)28(14)16-9-7-15(8-10-16)17-5-4-6-19(33-3)22(17)30/h4-10,13,30H,11-12H2,1-3H3,(H,25,29)(H,26,32). The number of fused-ring (bicyclic) bond motifs is 1. The van der Waals surface area contributed by atoms with Crippen molar-refractivity contribution in [1.29, 1.82) is 0 Å². The van der Waals surface area contributed by atoms with Crippen LogP contribution in [0.2, 0.25) is 0 Å². The molecule has 33 heavy (non-hydrogen) atoms. The topological polar surface area (TPSA) is 118 Å². The number of para-hydroxylation sites is 1. The number of amides is 1. The summed E-state index contributed by atoms with van der Waals surface area (Å²) in [5.41, 5.74) is 2.60. The Balaban J connectivity index is 1.80. The van der Waals surface area contributed by atoms with Gasteiger partial charge in [-0.05, 0) is 36.8 Å². The molecule has 0 fully saturated rings. The van der Waals surface area contributed by atoms with Crippen molar-refractivity contribution < 1.29 is 14.6 Å². The smallest absolute Gasteiger partial charge is 0.328 e. The third-order valence-corrected chi connectivity index (χ3v) is 5.62. The molecule has 0 bridgehead atoms. The second-order valence-electron chi connectivity index (χ2n) is 7.60. The Morgan fingerprint density at radius 1 is 1.15 bits per heavy atom. The molecule has 0 unspecified atom stereocenters. The Hall–Kier alpha value is -4.27. The highest BCUT2D eigenvalue weighted by Gasteiger charge is 2.17. The lowest BCUT2D eigenvalue weighted by atomic mass is 10.0. The Kier molecular flexibility index (Phi) is 5.78. The minimum absolute atomic E-state index is 0.0173. The summed E-state index contributed by atoms with van der Waals surface area (Å²) in [6.07, 6.45) is 0.0173. The lowest BCUT2D eigenvalue weighted by Gasteiger charge is -2.12. The van der Waals surface area contributed by atoms with Gasteiger partial charge in [0, 0.05) is 37.0 Å². The minimum Gasteiger partial charge on any atom is -0.504 e. The van der Waals surface area contributed by atoms with Gasteiger partial charge < -0.3 is 24.7 Å². The van der Waals surface area contributed by atoms with E-state index in [-0.39, 0.29) is 24.6 Å². The molecule has 2 heterocycles. The molecule has 9 nitrogen and oxygen atoms in total. The molecule has 0 radical (unpaired) electrons. The number of ether oxygens (including phenoxy) is 1. The van der Waals surface area contributed by atoms with Crippen LogP contribution in [-0.4, -0.2) is 39.3 Å². The zero-order valence-electron chi connectivity index (χ0n) is 18.5. The van der Waals surface area contributed by atoms with Gasteiger partial charge in [-0.1, -0.05) is 24.3 Å². The van der Waals surface area contributed by atoms with E-state index in [0.717, 1.165) is 21.5 Å². The molecule has 9 heteroatoms. The molecule has 4 aromatic rings. The number of carbonyl (C=O) groups is 1. The first-order chi connectivity index (χ1) is 15.8. The maximum atomic E-state index is 13.2. The second kappa shape index (κ2) is 8.70. The molecule has 0 saturated heterocycles. The number of nitrogens with one attached hydrogen (secondary N) is 2. The number of aromatic nitrogens is 3. The zero-order chi connectivity index (χ0) is 23.7. The van der Waals surface area contributed by atoms with Gasteiger partial charge >= 0.3 is 5.69 Å². The van der Waals surface area contributed by atoms with E-state index >= 15 is 0 Å². The minimum atomic E-state index is -0.558. The number of carbonyl (C=O) groups excluding carboxylic acids is 1. The zero-order valence-corrected chi connectivity index (χ0v) is 18.5. The molecule has 0 saturated carbocycles. The Morgan fingerprint density at radius 2 is 1.88 bits per heavy atom. The summed E-state index contributed by atoms with van der Waals surface area (Å²) >= 11 is 0. The van der Waals surface area contributed by atoms with E-state index in [1.807, 2.05) is 31.2 Å². The summed E-state index contributed by atoms with van der Waals surface area (Å²) in [5.74, 6) is 0.168. The van der Waals surface area contributed by atoms with Crippen LogP contribution in [0.5, 0.6) is 11.5 Å². The highest BCUT2D eigenvalue weighted by atomic mass is 16.5. The normalized spacial score (nSPS) is 11.0. The molecule has 0 aliphatic heterocycles. The summed E-state index contributed by atoms with van der Waals surface area (Å²) < 4.78 is 7.99. The van der Waals surface area contributed by atoms with E-state index in [1.54, 1.807) is 28.8 Å². The van der Waals surface area contributed by atoms with Crippen molar-refractivity contribution in [3.8, 4) is 28.3 Å². The van der Waals surface area contributed by atoms with Crippen LogP contribution in [0.25, 0.3) is 27.8 Å². The van der Waals surface area contributed by atoms with Gasteiger partial charge in [-0.3, -0.25) is 14.2 Å². The highest BCUT2D eigenvalue weighted by Crippen LogP contribution is 2.37. The predicted octanol–water partition coefficient (Wildman–Crippen LogP) is 2.31. The van der Waals surface area contributed by atoms with Crippen LogP contribution < -0.4 is 21.3 Å². The summed E-state index contributed by atoms with van der Waals surface area (Å²) in [7, 11) is 3.00. The summed E-state index contributed by atoms with van der Waals surface area (Å²) in [4.78, 5) is 40.0. The van der Waals surface area contributed by atoms with E-state index in [2.05, 4.69) is 10.3 Å². The van der Waals surface area contributed by atoms with Crippen molar-refractivity contribution in [2.45, 2.75) is 19.9 Å². The molecule has 0 aliphatic carbocycles. The van der Waals surface area contributed by atoms with Crippen molar-refractivity contribution in [2.24, 2.45) is 0 Å². The molecule has 0 aliphatic rings. The van der Waals surface area contributed by atoms with Gasteiger partial charge in [0.25, 0.3) is 5.56 Å². The number of nitrogens with zero attached hydrogens (tertiary/aromatic N) is 2. The van der Waals surface area contributed by atoms with Crippen LogP contribution in [0.3, 0.4) is 0 Å². The lowest BCUT2D eigenvalue weighted by molar-refractivity contribution is -0.120. The van der Waals surface area contributed by atoms with Crippen LogP contribution in [0, 0.1) is 6.92 Å². The molecule has 1 amide bonds. The summed E-state index contributed by atoms with van der Waals surface area (Å²) in [6, 6.07) is 14.3.